The van der Waals surface area contributed by atoms with Crippen molar-refractivity contribution in [1.82, 2.24) is 0 Å². The summed E-state index contributed by atoms with van der Waals surface area (Å²) in [5.74, 6) is 0. The maximum atomic E-state index is 2.78. The first-order valence-electron chi connectivity index (χ1n) is 26.7. The predicted octanol–water partition coefficient (Wildman–Crippen LogP) is 17.9. The van der Waals surface area contributed by atoms with Crippen molar-refractivity contribution in [3.63, 3.8) is 0 Å². The highest BCUT2D eigenvalue weighted by atomic mass is 32.1. The van der Waals surface area contributed by atoms with Crippen molar-refractivity contribution in [1.29, 1.82) is 0 Å². The number of nitrogens with zero attached hydrogens (tertiary/aromatic N) is 3. The fourth-order valence-corrected chi connectivity index (χ4v) is 16.7. The molecule has 0 radical (unpaired) electrons. The van der Waals surface area contributed by atoms with Gasteiger partial charge in [0.05, 0.1) is 15.9 Å². The van der Waals surface area contributed by atoms with E-state index in [0.717, 1.165) is 6.42 Å². The van der Waals surface area contributed by atoms with E-state index in [0.29, 0.717) is 0 Å². The molecular formula is C69H52BN3S2. The third-order valence-electron chi connectivity index (χ3n) is 18.0. The molecule has 10 aromatic carbocycles. The van der Waals surface area contributed by atoms with Crippen molar-refractivity contribution in [2.45, 2.75) is 57.4 Å². The monoisotopic (exact) mass is 997 g/mol. The Labute approximate surface area is 446 Å². The van der Waals surface area contributed by atoms with Gasteiger partial charge in [-0.15, -0.1) is 22.7 Å². The average molecular weight is 998 g/mol. The number of hydrogen-bond acceptors (Lipinski definition) is 5. The van der Waals surface area contributed by atoms with Gasteiger partial charge in [0, 0.05) is 80.9 Å². The molecule has 6 heteroatoms. The number of anilines is 8. The minimum absolute atomic E-state index is 0.0271. The quantitative estimate of drug-likeness (QED) is 0.159. The van der Waals surface area contributed by atoms with Crippen molar-refractivity contribution in [3.8, 4) is 22.3 Å². The number of rotatable bonds is 5. The molecule has 2 atom stereocenters. The highest BCUT2D eigenvalue weighted by molar-refractivity contribution is 7.26. The maximum Gasteiger partial charge on any atom is 0.252 e. The first-order valence-corrected chi connectivity index (χ1v) is 28.4. The molecule has 5 heterocycles. The Morgan fingerprint density at radius 1 is 0.413 bits per heavy atom. The standard InChI is InChI=1S/C69H52BN3S2/c1-43-37-61-66-62(38-43)72(59-24-16-23-53-51-22-11-13-26-64(51)75-67(53)59)60-41-49(73-57-33-27-46(44-17-6-4-7-18-44)39-54(57)68(2)35-14-15-36-69(68,73)3)30-32-55(60)70(66)56-40-47(45-19-8-5-9-20-45)28-34-58(56)71(61)48-29-31-52-50-21-10-12-25-63(50)74-65(52)42-48/h4-13,16-34,37-42H,14-15,35-36H2,1-3H3. The van der Waals surface area contributed by atoms with Gasteiger partial charge in [0.25, 0.3) is 6.71 Å². The molecule has 1 fully saturated rings. The van der Waals surface area contributed by atoms with Gasteiger partial charge >= 0.3 is 0 Å². The van der Waals surface area contributed by atoms with Gasteiger partial charge in [0.2, 0.25) is 0 Å². The number of aryl methyl sites for hydroxylation is 1. The third-order valence-corrected chi connectivity index (χ3v) is 20.4. The van der Waals surface area contributed by atoms with Crippen LogP contribution in [0.25, 0.3) is 62.6 Å². The van der Waals surface area contributed by atoms with E-state index in [9.17, 15) is 0 Å². The number of fused-ring (bicyclic) bond motifs is 13. The fourth-order valence-electron chi connectivity index (χ4n) is 14.3. The molecule has 3 nitrogen and oxygen atoms in total. The molecule has 4 aliphatic rings. The van der Waals surface area contributed by atoms with Crippen LogP contribution in [0.5, 0.6) is 0 Å². The fraction of sp³-hybridized carbons (Fsp3) is 0.130. The molecular weight excluding hydrogens is 946 g/mol. The first kappa shape index (κ1) is 43.5. The van der Waals surface area contributed by atoms with E-state index in [1.807, 2.05) is 22.7 Å². The lowest BCUT2D eigenvalue weighted by Gasteiger charge is -2.50. The van der Waals surface area contributed by atoms with E-state index >= 15 is 0 Å². The van der Waals surface area contributed by atoms with Crippen LogP contribution in [-0.2, 0) is 5.41 Å². The van der Waals surface area contributed by atoms with Crippen molar-refractivity contribution >= 4 is 132 Å². The largest absolute Gasteiger partial charge is 0.334 e. The zero-order chi connectivity index (χ0) is 49.7. The summed E-state index contributed by atoms with van der Waals surface area (Å²) in [4.78, 5) is 8.04. The Balaban J connectivity index is 0.973. The van der Waals surface area contributed by atoms with Crippen LogP contribution >= 0.6 is 22.7 Å². The zero-order valence-electron chi connectivity index (χ0n) is 42.3. The summed E-state index contributed by atoms with van der Waals surface area (Å²) in [6, 6.07) is 81.1. The lowest BCUT2D eigenvalue weighted by atomic mass is 9.33. The smallest absolute Gasteiger partial charge is 0.252 e. The van der Waals surface area contributed by atoms with Crippen LogP contribution in [0, 0.1) is 6.92 Å². The summed E-state index contributed by atoms with van der Waals surface area (Å²) in [7, 11) is 0. The Morgan fingerprint density at radius 3 is 1.81 bits per heavy atom. The molecule has 1 saturated carbocycles. The highest BCUT2D eigenvalue weighted by Gasteiger charge is 2.58. The van der Waals surface area contributed by atoms with E-state index in [4.69, 9.17) is 0 Å². The molecule has 16 rings (SSSR count). The van der Waals surface area contributed by atoms with Gasteiger partial charge in [-0.1, -0.05) is 159 Å². The van der Waals surface area contributed by atoms with Crippen LogP contribution in [-0.4, -0.2) is 12.3 Å². The summed E-state index contributed by atoms with van der Waals surface area (Å²) in [6.45, 7) is 7.41. The maximum absolute atomic E-state index is 2.78. The Kier molecular flexibility index (Phi) is 9.31. The molecule has 2 aromatic heterocycles. The van der Waals surface area contributed by atoms with Crippen molar-refractivity contribution in [2.24, 2.45) is 0 Å². The van der Waals surface area contributed by atoms with Crippen LogP contribution in [0.3, 0.4) is 0 Å². The molecule has 2 unspecified atom stereocenters. The molecule has 1 aliphatic carbocycles. The van der Waals surface area contributed by atoms with E-state index in [-0.39, 0.29) is 17.7 Å². The molecule has 0 N–H and O–H groups in total. The lowest BCUT2D eigenvalue weighted by molar-refractivity contribution is 0.195. The van der Waals surface area contributed by atoms with Crippen molar-refractivity contribution in [3.05, 3.63) is 223 Å². The average Bonchev–Trinajstić information content (AvgIpc) is 4.11. The van der Waals surface area contributed by atoms with Gasteiger partial charge in [-0.3, -0.25) is 0 Å². The van der Waals surface area contributed by atoms with Crippen LogP contribution in [0.15, 0.2) is 212 Å². The topological polar surface area (TPSA) is 9.72 Å². The van der Waals surface area contributed by atoms with Crippen molar-refractivity contribution < 1.29 is 0 Å². The summed E-state index contributed by atoms with van der Waals surface area (Å²) < 4.78 is 5.25. The Bertz CT molecular complexity index is 4350. The molecule has 0 bridgehead atoms. The molecule has 0 amide bonds. The molecule has 3 aliphatic heterocycles. The van der Waals surface area contributed by atoms with E-state index < -0.39 is 0 Å². The van der Waals surface area contributed by atoms with Crippen LogP contribution in [0.2, 0.25) is 0 Å². The number of thiophene rings is 2. The van der Waals surface area contributed by atoms with E-state index in [1.165, 1.54) is 155 Å². The highest BCUT2D eigenvalue weighted by Crippen LogP contribution is 2.62. The van der Waals surface area contributed by atoms with Crippen LogP contribution in [0.4, 0.5) is 45.5 Å². The summed E-state index contributed by atoms with van der Waals surface area (Å²) in [6.07, 6.45) is 4.76. The summed E-state index contributed by atoms with van der Waals surface area (Å²) >= 11 is 3.81. The van der Waals surface area contributed by atoms with Crippen molar-refractivity contribution in [2.75, 3.05) is 14.7 Å². The predicted molar refractivity (Wildman–Crippen MR) is 325 cm³/mol. The van der Waals surface area contributed by atoms with Crippen LogP contribution in [0.1, 0.15) is 50.7 Å². The summed E-state index contributed by atoms with van der Waals surface area (Å²) in [5, 5.41) is 5.25. The molecule has 0 saturated heterocycles. The summed E-state index contributed by atoms with van der Waals surface area (Å²) in [5.41, 5.74) is 21.6. The van der Waals surface area contributed by atoms with E-state index in [2.05, 4.69) is 248 Å². The minimum Gasteiger partial charge on any atom is -0.334 e. The van der Waals surface area contributed by atoms with E-state index in [1.54, 1.807) is 0 Å². The van der Waals surface area contributed by atoms with Crippen LogP contribution < -0.4 is 31.1 Å². The molecule has 358 valence electrons. The van der Waals surface area contributed by atoms with Gasteiger partial charge in [-0.05, 0) is 149 Å². The Morgan fingerprint density at radius 2 is 1.04 bits per heavy atom. The molecule has 12 aromatic rings. The number of hydrogen-bond donors (Lipinski definition) is 0. The van der Waals surface area contributed by atoms with Gasteiger partial charge in [0.1, 0.15) is 0 Å². The third kappa shape index (κ3) is 6.15. The minimum atomic E-state index is -0.123. The normalized spacial score (nSPS) is 18.4. The second kappa shape index (κ2) is 16.1. The van der Waals surface area contributed by atoms with Gasteiger partial charge < -0.3 is 14.7 Å². The van der Waals surface area contributed by atoms with Gasteiger partial charge in [0.15, 0.2) is 0 Å². The second-order valence-electron chi connectivity index (χ2n) is 22.0. The molecule has 0 spiro atoms. The first-order chi connectivity index (χ1) is 36.8. The molecule has 75 heavy (non-hydrogen) atoms. The lowest BCUT2D eigenvalue weighted by Crippen LogP contribution is -2.61. The SMILES string of the molecule is Cc1cc2c3c(c1)N(c1cccc4c1sc1ccccc14)c1cc(N4c5ccc(-c6ccccc6)cc5C5(C)CCCCC45C)ccc1B3c1cc(-c3ccccc3)ccc1N2c1ccc2c(c1)sc1ccccc12. The second-order valence-corrected chi connectivity index (χ2v) is 24.1. The van der Waals surface area contributed by atoms with Gasteiger partial charge in [-0.2, -0.15) is 0 Å². The van der Waals surface area contributed by atoms with Gasteiger partial charge in [-0.25, -0.2) is 0 Å². The number of benzene rings is 10. The Hall–Kier alpha value is -7.90. The zero-order valence-corrected chi connectivity index (χ0v) is 43.9.